The zero-order valence-corrected chi connectivity index (χ0v) is 18.3. The van der Waals surface area contributed by atoms with Crippen LogP contribution in [-0.4, -0.2) is 64.7 Å². The predicted octanol–water partition coefficient (Wildman–Crippen LogP) is 3.08. The minimum absolute atomic E-state index is 0.0613. The van der Waals surface area contributed by atoms with E-state index in [9.17, 15) is 4.79 Å². The van der Waals surface area contributed by atoms with Gasteiger partial charge in [0.1, 0.15) is 11.3 Å². The molecule has 2 fully saturated rings. The maximum atomic E-state index is 13.1. The Morgan fingerprint density at radius 1 is 1.40 bits per heavy atom. The summed E-state index contributed by atoms with van der Waals surface area (Å²) >= 11 is 0. The molecule has 0 radical (unpaired) electrons. The second-order valence-electron chi connectivity index (χ2n) is 8.86. The molecule has 2 aliphatic heterocycles. The summed E-state index contributed by atoms with van der Waals surface area (Å²) in [4.78, 5) is 21.6. The highest BCUT2D eigenvalue weighted by Crippen LogP contribution is 2.39. The number of ether oxygens (including phenoxy) is 1. The van der Waals surface area contributed by atoms with Gasteiger partial charge in [-0.3, -0.25) is 14.7 Å². The summed E-state index contributed by atoms with van der Waals surface area (Å²) in [5, 5.41) is 4.03. The molecule has 0 saturated carbocycles. The van der Waals surface area contributed by atoms with Crippen molar-refractivity contribution >= 4 is 5.91 Å². The maximum Gasteiger partial charge on any atom is 0.259 e. The van der Waals surface area contributed by atoms with E-state index in [0.29, 0.717) is 23.8 Å². The van der Waals surface area contributed by atoms with Crippen molar-refractivity contribution in [2.24, 2.45) is 5.92 Å². The third-order valence-corrected chi connectivity index (χ3v) is 6.58. The van der Waals surface area contributed by atoms with Gasteiger partial charge in [0.2, 0.25) is 0 Å². The normalized spacial score (nSPS) is 21.0. The van der Waals surface area contributed by atoms with E-state index in [1.54, 1.807) is 6.20 Å². The highest BCUT2D eigenvalue weighted by molar-refractivity contribution is 5.97. The summed E-state index contributed by atoms with van der Waals surface area (Å²) in [5.41, 5.74) is 2.53. The third-order valence-electron chi connectivity index (χ3n) is 6.58. The van der Waals surface area contributed by atoms with Crippen LogP contribution in [0.3, 0.4) is 0 Å². The van der Waals surface area contributed by atoms with Crippen LogP contribution in [0.2, 0.25) is 0 Å². The van der Waals surface area contributed by atoms with E-state index in [1.165, 1.54) is 0 Å². The van der Waals surface area contributed by atoms with Gasteiger partial charge in [0.05, 0.1) is 17.8 Å². The van der Waals surface area contributed by atoms with Crippen LogP contribution >= 0.6 is 0 Å². The molecule has 30 heavy (non-hydrogen) atoms. The standard InChI is InChI=1S/C23H32N4O3/c1-4-6-20-21(17(2)25-30-20)22(28)27-15-23(16-27)11-18(8-10-26(23)3)13-29-14-19-7-5-9-24-12-19/h5,7,9,12,18H,4,6,8,10-11,13-16H2,1-3H3/t18-/m0/s1. The summed E-state index contributed by atoms with van der Waals surface area (Å²) in [7, 11) is 2.18. The van der Waals surface area contributed by atoms with Crippen LogP contribution in [0.15, 0.2) is 29.0 Å². The van der Waals surface area contributed by atoms with Gasteiger partial charge in [0.15, 0.2) is 0 Å². The molecule has 4 heterocycles. The van der Waals surface area contributed by atoms with Crippen molar-refractivity contribution in [3.05, 3.63) is 47.1 Å². The number of nitrogens with zero attached hydrogens (tertiary/aromatic N) is 4. The van der Waals surface area contributed by atoms with Gasteiger partial charge in [0.25, 0.3) is 5.91 Å². The maximum absolute atomic E-state index is 13.1. The minimum Gasteiger partial charge on any atom is -0.376 e. The van der Waals surface area contributed by atoms with Crippen LogP contribution < -0.4 is 0 Å². The highest BCUT2D eigenvalue weighted by atomic mass is 16.5. The quantitative estimate of drug-likeness (QED) is 0.696. The van der Waals surface area contributed by atoms with Gasteiger partial charge in [0, 0.05) is 38.5 Å². The number of likely N-dealkylation sites (tertiary alicyclic amines) is 2. The molecule has 0 N–H and O–H groups in total. The van der Waals surface area contributed by atoms with Crippen molar-refractivity contribution in [1.82, 2.24) is 19.9 Å². The predicted molar refractivity (Wildman–Crippen MR) is 113 cm³/mol. The number of aryl methyl sites for hydroxylation is 2. The van der Waals surface area contributed by atoms with Crippen LogP contribution in [0.4, 0.5) is 0 Å². The molecule has 0 aromatic carbocycles. The smallest absolute Gasteiger partial charge is 0.259 e. The second kappa shape index (κ2) is 8.86. The first-order chi connectivity index (χ1) is 14.5. The van der Waals surface area contributed by atoms with E-state index >= 15 is 0 Å². The largest absolute Gasteiger partial charge is 0.376 e. The summed E-state index contributed by atoms with van der Waals surface area (Å²) in [6.45, 7) is 7.85. The van der Waals surface area contributed by atoms with E-state index < -0.39 is 0 Å². The van der Waals surface area contributed by atoms with Gasteiger partial charge in [-0.25, -0.2) is 0 Å². The minimum atomic E-state index is 0.0613. The third kappa shape index (κ3) is 4.14. The highest BCUT2D eigenvalue weighted by Gasteiger charge is 2.51. The molecule has 0 aliphatic carbocycles. The molecule has 7 heteroatoms. The first kappa shape index (κ1) is 21.0. The molecule has 1 atom stereocenters. The molecule has 162 valence electrons. The first-order valence-corrected chi connectivity index (χ1v) is 10.9. The van der Waals surface area contributed by atoms with Gasteiger partial charge in [-0.15, -0.1) is 0 Å². The average molecular weight is 413 g/mol. The molecule has 0 bridgehead atoms. The lowest BCUT2D eigenvalue weighted by Gasteiger charge is -2.58. The average Bonchev–Trinajstić information content (AvgIpc) is 3.08. The first-order valence-electron chi connectivity index (χ1n) is 10.9. The molecule has 7 nitrogen and oxygen atoms in total. The monoisotopic (exact) mass is 412 g/mol. The van der Waals surface area contributed by atoms with Crippen LogP contribution in [-0.2, 0) is 17.8 Å². The number of amides is 1. The zero-order valence-electron chi connectivity index (χ0n) is 18.3. The number of piperidine rings is 1. The van der Waals surface area contributed by atoms with Crippen molar-refractivity contribution in [3.63, 3.8) is 0 Å². The molecule has 2 aromatic heterocycles. The van der Waals surface area contributed by atoms with Crippen molar-refractivity contribution in [3.8, 4) is 0 Å². The lowest BCUT2D eigenvalue weighted by atomic mass is 9.75. The lowest BCUT2D eigenvalue weighted by molar-refractivity contribution is -0.0768. The summed E-state index contributed by atoms with van der Waals surface area (Å²) < 4.78 is 11.4. The molecule has 2 saturated heterocycles. The van der Waals surface area contributed by atoms with Crippen LogP contribution in [0, 0.1) is 12.8 Å². The number of carbonyl (C=O) groups is 1. The van der Waals surface area contributed by atoms with E-state index in [-0.39, 0.29) is 11.4 Å². The number of hydrogen-bond donors (Lipinski definition) is 0. The Morgan fingerprint density at radius 3 is 2.97 bits per heavy atom. The fraction of sp³-hybridized carbons (Fsp3) is 0.609. The molecule has 2 aliphatic rings. The number of hydrogen-bond acceptors (Lipinski definition) is 6. The lowest BCUT2D eigenvalue weighted by Crippen LogP contribution is -2.72. The van der Waals surface area contributed by atoms with E-state index in [2.05, 4.69) is 29.0 Å². The van der Waals surface area contributed by atoms with Gasteiger partial charge in [-0.2, -0.15) is 0 Å². The Balaban J connectivity index is 1.33. The molecular weight excluding hydrogens is 380 g/mol. The molecule has 1 spiro atoms. The fourth-order valence-corrected chi connectivity index (χ4v) is 4.80. The second-order valence-corrected chi connectivity index (χ2v) is 8.86. The number of carbonyl (C=O) groups excluding carboxylic acids is 1. The van der Waals surface area contributed by atoms with Crippen molar-refractivity contribution < 1.29 is 14.1 Å². The van der Waals surface area contributed by atoms with Crippen molar-refractivity contribution in [1.29, 1.82) is 0 Å². The summed E-state index contributed by atoms with van der Waals surface area (Å²) in [6, 6.07) is 3.98. The van der Waals surface area contributed by atoms with Gasteiger partial charge in [-0.05, 0) is 57.3 Å². The van der Waals surface area contributed by atoms with Gasteiger partial charge in [-0.1, -0.05) is 18.1 Å². The Morgan fingerprint density at radius 2 is 2.23 bits per heavy atom. The Hall–Kier alpha value is -2.25. The van der Waals surface area contributed by atoms with Crippen molar-refractivity contribution in [2.45, 2.75) is 51.7 Å². The van der Waals surface area contributed by atoms with Crippen LogP contribution in [0.25, 0.3) is 0 Å². The zero-order chi connectivity index (χ0) is 21.1. The number of likely N-dealkylation sites (N-methyl/N-ethyl adjacent to an activating group) is 1. The number of pyridine rings is 1. The van der Waals surface area contributed by atoms with Gasteiger partial charge >= 0.3 is 0 Å². The number of rotatable bonds is 7. The fourth-order valence-electron chi connectivity index (χ4n) is 4.80. The summed E-state index contributed by atoms with van der Waals surface area (Å²) in [6.07, 6.45) is 7.50. The van der Waals surface area contributed by atoms with E-state index in [0.717, 1.165) is 63.2 Å². The van der Waals surface area contributed by atoms with E-state index in [4.69, 9.17) is 9.26 Å². The summed E-state index contributed by atoms with van der Waals surface area (Å²) in [5.74, 6) is 1.30. The van der Waals surface area contributed by atoms with Crippen LogP contribution in [0.5, 0.6) is 0 Å². The molecule has 0 unspecified atom stereocenters. The SMILES string of the molecule is CCCc1onc(C)c1C(=O)N1CC2(C[C@@H](COCc3cccnc3)CCN2C)C1. The molecule has 4 rings (SSSR count). The van der Waals surface area contributed by atoms with Crippen LogP contribution in [0.1, 0.15) is 53.6 Å². The van der Waals surface area contributed by atoms with Crippen molar-refractivity contribution in [2.75, 3.05) is 33.3 Å². The Bertz CT molecular complexity index is 861. The number of aromatic nitrogens is 2. The van der Waals surface area contributed by atoms with Gasteiger partial charge < -0.3 is 14.2 Å². The molecular formula is C23H32N4O3. The van der Waals surface area contributed by atoms with E-state index in [1.807, 2.05) is 30.2 Å². The molecule has 1 amide bonds. The topological polar surface area (TPSA) is 71.7 Å². The Kier molecular flexibility index (Phi) is 6.20. The molecule has 2 aromatic rings. The Labute approximate surface area is 178 Å².